The zero-order valence-corrected chi connectivity index (χ0v) is 6.74. The van der Waals surface area contributed by atoms with Crippen molar-refractivity contribution in [2.24, 2.45) is 0 Å². The minimum Gasteiger partial charge on any atom is -0.508 e. The maximum absolute atomic E-state index is 8.81. The summed E-state index contributed by atoms with van der Waals surface area (Å²) in [5.41, 5.74) is 1.09. The number of aromatic hydroxyl groups is 1. The molecule has 0 atom stereocenters. The van der Waals surface area contributed by atoms with Gasteiger partial charge in [0, 0.05) is 0 Å². The summed E-state index contributed by atoms with van der Waals surface area (Å²) < 4.78 is 0. The average molecular weight is 152 g/mol. The molecule has 0 unspecified atom stereocenters. The maximum atomic E-state index is 8.81. The van der Waals surface area contributed by atoms with E-state index in [2.05, 4.69) is 0 Å². The van der Waals surface area contributed by atoms with Gasteiger partial charge in [-0.05, 0) is 31.5 Å². The molecule has 1 rings (SSSR count). The monoisotopic (exact) mass is 152 g/mol. The Bertz CT molecular complexity index is 201. The van der Waals surface area contributed by atoms with Gasteiger partial charge in [-0.1, -0.05) is 12.1 Å². The first kappa shape index (κ1) is 9.69. The molecule has 0 amide bonds. The van der Waals surface area contributed by atoms with Gasteiger partial charge in [0.2, 0.25) is 0 Å². The van der Waals surface area contributed by atoms with Crippen molar-refractivity contribution in [1.29, 1.82) is 0 Å². The second-order valence-electron chi connectivity index (χ2n) is 2.07. The molecule has 0 fully saturated rings. The van der Waals surface area contributed by atoms with E-state index in [-0.39, 0.29) is 0 Å². The van der Waals surface area contributed by atoms with Crippen LogP contribution < -0.4 is 0 Å². The van der Waals surface area contributed by atoms with Crippen molar-refractivity contribution < 1.29 is 9.90 Å². The largest absolute Gasteiger partial charge is 0.508 e. The second kappa shape index (κ2) is 5.47. The van der Waals surface area contributed by atoms with E-state index in [1.165, 1.54) is 6.92 Å². The van der Waals surface area contributed by atoms with Gasteiger partial charge in [-0.3, -0.25) is 0 Å². The third kappa shape index (κ3) is 5.15. The third-order valence-corrected chi connectivity index (χ3v) is 1.00. The van der Waals surface area contributed by atoms with Gasteiger partial charge < -0.3 is 9.90 Å². The minimum atomic E-state index is 0.338. The van der Waals surface area contributed by atoms with E-state index in [1.807, 2.05) is 19.1 Å². The van der Waals surface area contributed by atoms with Crippen LogP contribution in [0.5, 0.6) is 5.75 Å². The molecule has 2 heteroatoms. The van der Waals surface area contributed by atoms with Crippen LogP contribution in [0.3, 0.4) is 0 Å². The number of aldehydes is 1. The van der Waals surface area contributed by atoms with E-state index in [0.717, 1.165) is 11.8 Å². The first-order valence-corrected chi connectivity index (χ1v) is 3.36. The molecule has 0 saturated heterocycles. The van der Waals surface area contributed by atoms with Crippen LogP contribution in [0, 0.1) is 6.92 Å². The van der Waals surface area contributed by atoms with Gasteiger partial charge in [-0.15, -0.1) is 0 Å². The van der Waals surface area contributed by atoms with Crippen LogP contribution in [-0.2, 0) is 4.79 Å². The highest BCUT2D eigenvalue weighted by Crippen LogP contribution is 2.08. The summed E-state index contributed by atoms with van der Waals surface area (Å²) in [6, 6.07) is 7.15. The number of carbonyl (C=O) groups is 1. The Balaban J connectivity index is 0.000000292. The zero-order chi connectivity index (χ0) is 8.69. The number of hydrogen-bond donors (Lipinski definition) is 1. The van der Waals surface area contributed by atoms with E-state index in [9.17, 15) is 0 Å². The van der Waals surface area contributed by atoms with Crippen LogP contribution in [0.2, 0.25) is 0 Å². The van der Waals surface area contributed by atoms with Gasteiger partial charge >= 0.3 is 0 Å². The molecule has 0 radical (unpaired) electrons. The van der Waals surface area contributed by atoms with Crippen molar-refractivity contribution in [3.05, 3.63) is 29.8 Å². The molecule has 0 saturated carbocycles. The Hall–Kier alpha value is -1.31. The molecular weight excluding hydrogens is 140 g/mol. The Morgan fingerprint density at radius 1 is 1.45 bits per heavy atom. The fourth-order valence-corrected chi connectivity index (χ4v) is 0.628. The van der Waals surface area contributed by atoms with Gasteiger partial charge in [-0.25, -0.2) is 0 Å². The molecule has 11 heavy (non-hydrogen) atoms. The SMILES string of the molecule is CC=O.Cc1cccc(O)c1. The average Bonchev–Trinajstić information content (AvgIpc) is 1.88. The van der Waals surface area contributed by atoms with Gasteiger partial charge in [0.15, 0.2) is 0 Å². The summed E-state index contributed by atoms with van der Waals surface area (Å²) >= 11 is 0. The Morgan fingerprint density at radius 3 is 2.27 bits per heavy atom. The minimum absolute atomic E-state index is 0.338. The molecule has 0 aliphatic carbocycles. The van der Waals surface area contributed by atoms with Gasteiger partial charge in [0.1, 0.15) is 12.0 Å². The lowest BCUT2D eigenvalue weighted by Crippen LogP contribution is -1.66. The van der Waals surface area contributed by atoms with Crippen molar-refractivity contribution in [2.75, 3.05) is 0 Å². The van der Waals surface area contributed by atoms with Crippen molar-refractivity contribution in [3.8, 4) is 5.75 Å². The summed E-state index contributed by atoms with van der Waals surface area (Å²) in [6.07, 6.45) is 0.750. The molecule has 0 spiro atoms. The van der Waals surface area contributed by atoms with Crippen molar-refractivity contribution >= 4 is 6.29 Å². The number of rotatable bonds is 0. The van der Waals surface area contributed by atoms with E-state index in [4.69, 9.17) is 9.90 Å². The summed E-state index contributed by atoms with van der Waals surface area (Å²) in [4.78, 5) is 8.81. The lowest BCUT2D eigenvalue weighted by molar-refractivity contribution is -0.106. The standard InChI is InChI=1S/C7H8O.C2H4O/c1-6-3-2-4-7(8)5-6;1-2-3/h2-5,8H,1H3;2H,1H3. The maximum Gasteiger partial charge on any atom is 0.116 e. The molecule has 0 aliphatic rings. The van der Waals surface area contributed by atoms with Crippen molar-refractivity contribution in [1.82, 2.24) is 0 Å². The number of carbonyl (C=O) groups excluding carboxylic acids is 1. The van der Waals surface area contributed by atoms with Gasteiger partial charge in [0.25, 0.3) is 0 Å². The van der Waals surface area contributed by atoms with Crippen LogP contribution in [0.1, 0.15) is 12.5 Å². The fourth-order valence-electron chi connectivity index (χ4n) is 0.628. The van der Waals surface area contributed by atoms with Gasteiger partial charge in [-0.2, -0.15) is 0 Å². The lowest BCUT2D eigenvalue weighted by atomic mass is 10.2. The summed E-state index contributed by atoms with van der Waals surface area (Å²) in [6.45, 7) is 3.39. The number of phenolic OH excluding ortho intramolecular Hbond substituents is 1. The smallest absolute Gasteiger partial charge is 0.116 e. The topological polar surface area (TPSA) is 37.3 Å². The van der Waals surface area contributed by atoms with E-state index in [1.54, 1.807) is 12.1 Å². The lowest BCUT2D eigenvalue weighted by Gasteiger charge is -1.89. The Morgan fingerprint density at radius 2 is 2.00 bits per heavy atom. The van der Waals surface area contributed by atoms with Gasteiger partial charge in [0.05, 0.1) is 0 Å². The molecule has 2 nitrogen and oxygen atoms in total. The molecule has 0 aromatic heterocycles. The van der Waals surface area contributed by atoms with E-state index >= 15 is 0 Å². The summed E-state index contributed by atoms with van der Waals surface area (Å²) in [7, 11) is 0. The first-order valence-electron chi connectivity index (χ1n) is 3.36. The molecule has 0 bridgehead atoms. The quantitative estimate of drug-likeness (QED) is 0.576. The van der Waals surface area contributed by atoms with Crippen molar-refractivity contribution in [2.45, 2.75) is 13.8 Å². The molecule has 0 aliphatic heterocycles. The number of hydrogen-bond acceptors (Lipinski definition) is 2. The van der Waals surface area contributed by atoms with Crippen molar-refractivity contribution in [3.63, 3.8) is 0 Å². The van der Waals surface area contributed by atoms with E-state index in [0.29, 0.717) is 5.75 Å². The highest BCUT2D eigenvalue weighted by Gasteiger charge is 1.83. The predicted molar refractivity (Wildman–Crippen MR) is 44.6 cm³/mol. The van der Waals surface area contributed by atoms with Crippen LogP contribution in [0.15, 0.2) is 24.3 Å². The number of aryl methyl sites for hydroxylation is 1. The van der Waals surface area contributed by atoms with Crippen LogP contribution in [0.4, 0.5) is 0 Å². The predicted octanol–water partition coefficient (Wildman–Crippen LogP) is 1.91. The molecule has 1 N–H and O–H groups in total. The molecule has 1 aromatic carbocycles. The second-order valence-corrected chi connectivity index (χ2v) is 2.07. The van der Waals surface area contributed by atoms with Crippen LogP contribution in [-0.4, -0.2) is 11.4 Å². The zero-order valence-electron chi connectivity index (χ0n) is 6.74. The molecular formula is C9H12O2. The fraction of sp³-hybridized carbons (Fsp3) is 0.222. The summed E-state index contributed by atoms with van der Waals surface area (Å²) in [5.74, 6) is 0.338. The molecule has 0 heterocycles. The number of phenols is 1. The third-order valence-electron chi connectivity index (χ3n) is 1.00. The highest BCUT2D eigenvalue weighted by molar-refractivity contribution is 5.44. The first-order chi connectivity index (χ1) is 5.20. The Labute approximate surface area is 66.5 Å². The van der Waals surface area contributed by atoms with Crippen LogP contribution in [0.25, 0.3) is 0 Å². The Kier molecular flexibility index (Phi) is 4.82. The normalized spacial score (nSPS) is 7.82. The highest BCUT2D eigenvalue weighted by atomic mass is 16.3. The molecule has 60 valence electrons. The van der Waals surface area contributed by atoms with Crippen LogP contribution >= 0.6 is 0 Å². The van der Waals surface area contributed by atoms with E-state index < -0.39 is 0 Å². The summed E-state index contributed by atoms with van der Waals surface area (Å²) in [5, 5.41) is 8.81. The molecule has 1 aromatic rings. The number of benzene rings is 1.